The minimum absolute atomic E-state index is 0.879. The van der Waals surface area contributed by atoms with E-state index in [0.717, 1.165) is 38.9 Å². The van der Waals surface area contributed by atoms with Crippen molar-refractivity contribution in [1.29, 1.82) is 0 Å². The number of nitrogens with zero attached hydrogens (tertiary/aromatic N) is 1. The molecule has 0 amide bonds. The molecule has 1 N–H and O–H groups in total. The molecule has 0 spiro atoms. The van der Waals surface area contributed by atoms with Crippen LogP contribution in [0.2, 0.25) is 0 Å². The first-order valence-corrected chi connectivity index (χ1v) is 8.73. The number of fused-ring (bicyclic) bond motifs is 2. The lowest BCUT2D eigenvalue weighted by Gasteiger charge is -2.12. The Bertz CT molecular complexity index is 701. The number of aliphatic imine (C=N–C) groups is 1. The van der Waals surface area contributed by atoms with Gasteiger partial charge in [0, 0.05) is 17.7 Å². The van der Waals surface area contributed by atoms with E-state index in [1.165, 1.54) is 33.5 Å². The average molecular weight is 306 g/mol. The van der Waals surface area contributed by atoms with Gasteiger partial charge in [-0.15, -0.1) is 0 Å². The normalized spacial score (nSPS) is 15.1. The van der Waals surface area contributed by atoms with Crippen LogP contribution in [-0.2, 0) is 12.8 Å². The fourth-order valence-electron chi connectivity index (χ4n) is 3.37. The molecule has 0 aromatic heterocycles. The van der Waals surface area contributed by atoms with Crippen LogP contribution < -0.4 is 5.32 Å². The van der Waals surface area contributed by atoms with Crippen molar-refractivity contribution in [2.24, 2.45) is 4.99 Å². The van der Waals surface area contributed by atoms with Crippen molar-refractivity contribution < 1.29 is 0 Å². The van der Waals surface area contributed by atoms with Crippen LogP contribution in [0.15, 0.2) is 47.5 Å². The van der Waals surface area contributed by atoms with Gasteiger partial charge in [0.1, 0.15) is 0 Å². The van der Waals surface area contributed by atoms with E-state index in [9.17, 15) is 0 Å². The monoisotopic (exact) mass is 306 g/mol. The highest BCUT2D eigenvalue weighted by Crippen LogP contribution is 2.27. The van der Waals surface area contributed by atoms with Crippen LogP contribution in [-0.4, -0.2) is 25.3 Å². The first-order valence-electron chi connectivity index (χ1n) is 8.73. The molecule has 23 heavy (non-hydrogen) atoms. The Morgan fingerprint density at radius 1 is 1.00 bits per heavy atom. The first-order chi connectivity index (χ1) is 11.3. The van der Waals surface area contributed by atoms with E-state index >= 15 is 0 Å². The van der Waals surface area contributed by atoms with Gasteiger partial charge >= 0.3 is 0 Å². The Labute approximate surface area is 139 Å². The maximum Gasteiger partial charge on any atom is 0.0724 e. The van der Waals surface area contributed by atoms with Crippen LogP contribution in [0, 0.1) is 6.92 Å². The van der Waals surface area contributed by atoms with Gasteiger partial charge in [-0.25, -0.2) is 0 Å². The van der Waals surface area contributed by atoms with E-state index in [0.29, 0.717) is 0 Å². The summed E-state index contributed by atoms with van der Waals surface area (Å²) < 4.78 is 0. The molecule has 0 saturated heterocycles. The molecule has 1 aliphatic rings. The number of hydrogen-bond acceptors (Lipinski definition) is 2. The van der Waals surface area contributed by atoms with E-state index in [1.807, 2.05) is 0 Å². The van der Waals surface area contributed by atoms with E-state index in [4.69, 9.17) is 4.99 Å². The predicted octanol–water partition coefficient (Wildman–Crippen LogP) is 3.93. The summed E-state index contributed by atoms with van der Waals surface area (Å²) in [4.78, 5) is 5.02. The van der Waals surface area contributed by atoms with Crippen LogP contribution in [0.1, 0.15) is 41.2 Å². The molecule has 0 bridgehead atoms. The Balaban J connectivity index is 1.98. The lowest BCUT2D eigenvalue weighted by Crippen LogP contribution is -2.15. The molecule has 0 aliphatic heterocycles. The molecule has 0 unspecified atom stereocenters. The highest BCUT2D eigenvalue weighted by molar-refractivity contribution is 6.15. The SMILES string of the molecule is CCNCCCN=C1c2ccccc2CCc2c(C)cccc21. The number of nitrogens with one attached hydrogen (secondary N) is 1. The molecule has 0 fully saturated rings. The maximum atomic E-state index is 5.02. The molecule has 0 saturated carbocycles. The van der Waals surface area contributed by atoms with Crippen molar-refractivity contribution in [3.63, 3.8) is 0 Å². The molecule has 2 aromatic carbocycles. The average Bonchev–Trinajstić information content (AvgIpc) is 2.73. The smallest absolute Gasteiger partial charge is 0.0724 e. The Morgan fingerprint density at radius 3 is 2.70 bits per heavy atom. The molecule has 2 aromatic rings. The van der Waals surface area contributed by atoms with E-state index < -0.39 is 0 Å². The maximum absolute atomic E-state index is 5.02. The third-order valence-electron chi connectivity index (χ3n) is 4.61. The van der Waals surface area contributed by atoms with Gasteiger partial charge in [0.2, 0.25) is 0 Å². The molecule has 3 rings (SSSR count). The number of aryl methyl sites for hydroxylation is 2. The van der Waals surface area contributed by atoms with Gasteiger partial charge in [-0.3, -0.25) is 4.99 Å². The van der Waals surface area contributed by atoms with Crippen LogP contribution in [0.25, 0.3) is 0 Å². The van der Waals surface area contributed by atoms with Crippen molar-refractivity contribution in [3.05, 3.63) is 70.3 Å². The molecule has 2 heteroatoms. The summed E-state index contributed by atoms with van der Waals surface area (Å²) in [7, 11) is 0. The molecule has 2 nitrogen and oxygen atoms in total. The molecule has 0 atom stereocenters. The van der Waals surface area contributed by atoms with Crippen molar-refractivity contribution in [1.82, 2.24) is 5.32 Å². The number of benzene rings is 2. The number of rotatable bonds is 5. The van der Waals surface area contributed by atoms with Crippen LogP contribution in [0.3, 0.4) is 0 Å². The summed E-state index contributed by atoms with van der Waals surface area (Å²) >= 11 is 0. The number of hydrogen-bond donors (Lipinski definition) is 1. The van der Waals surface area contributed by atoms with Gasteiger partial charge in [0.25, 0.3) is 0 Å². The molecule has 0 radical (unpaired) electrons. The Morgan fingerprint density at radius 2 is 1.83 bits per heavy atom. The lowest BCUT2D eigenvalue weighted by atomic mass is 9.95. The largest absolute Gasteiger partial charge is 0.317 e. The van der Waals surface area contributed by atoms with Gasteiger partial charge < -0.3 is 5.32 Å². The van der Waals surface area contributed by atoms with Gasteiger partial charge in [-0.2, -0.15) is 0 Å². The second kappa shape index (κ2) is 7.56. The summed E-state index contributed by atoms with van der Waals surface area (Å²) in [5.74, 6) is 0. The highest BCUT2D eigenvalue weighted by Gasteiger charge is 2.19. The second-order valence-corrected chi connectivity index (χ2v) is 6.20. The van der Waals surface area contributed by atoms with E-state index in [-0.39, 0.29) is 0 Å². The van der Waals surface area contributed by atoms with E-state index in [1.54, 1.807) is 0 Å². The van der Waals surface area contributed by atoms with Gasteiger partial charge in [0.15, 0.2) is 0 Å². The highest BCUT2D eigenvalue weighted by atomic mass is 14.8. The topological polar surface area (TPSA) is 24.4 Å². The third-order valence-corrected chi connectivity index (χ3v) is 4.61. The second-order valence-electron chi connectivity index (χ2n) is 6.20. The lowest BCUT2D eigenvalue weighted by molar-refractivity contribution is 0.680. The fourth-order valence-corrected chi connectivity index (χ4v) is 3.37. The van der Waals surface area contributed by atoms with Crippen molar-refractivity contribution >= 4 is 5.71 Å². The van der Waals surface area contributed by atoms with Crippen LogP contribution in [0.4, 0.5) is 0 Å². The van der Waals surface area contributed by atoms with Gasteiger partial charge in [0.05, 0.1) is 5.71 Å². The predicted molar refractivity (Wildman–Crippen MR) is 98.7 cm³/mol. The van der Waals surface area contributed by atoms with E-state index in [2.05, 4.69) is 61.6 Å². The fraction of sp³-hybridized carbons (Fsp3) is 0.381. The van der Waals surface area contributed by atoms with Crippen molar-refractivity contribution in [2.75, 3.05) is 19.6 Å². The Kier molecular flexibility index (Phi) is 5.24. The molecular weight excluding hydrogens is 280 g/mol. The summed E-state index contributed by atoms with van der Waals surface area (Å²) in [6, 6.07) is 15.4. The molecule has 0 heterocycles. The van der Waals surface area contributed by atoms with Crippen molar-refractivity contribution in [3.8, 4) is 0 Å². The zero-order chi connectivity index (χ0) is 16.1. The minimum Gasteiger partial charge on any atom is -0.317 e. The standard InChI is InChI=1S/C21H26N2/c1-3-22-14-7-15-23-21-19-10-5-4-9-17(19)12-13-18-16(2)8-6-11-20(18)21/h4-6,8-11,22H,3,7,12-15H2,1-2H3. The van der Waals surface area contributed by atoms with Gasteiger partial charge in [-0.05, 0) is 56.0 Å². The molecule has 1 aliphatic carbocycles. The summed E-state index contributed by atoms with van der Waals surface area (Å²) in [5.41, 5.74) is 8.12. The van der Waals surface area contributed by atoms with Crippen LogP contribution >= 0.6 is 0 Å². The molecular formula is C21H26N2. The quantitative estimate of drug-likeness (QED) is 0.832. The summed E-state index contributed by atoms with van der Waals surface area (Å²) in [5, 5.41) is 3.38. The zero-order valence-corrected chi connectivity index (χ0v) is 14.2. The van der Waals surface area contributed by atoms with Crippen LogP contribution in [0.5, 0.6) is 0 Å². The Hall–Kier alpha value is -1.93. The zero-order valence-electron chi connectivity index (χ0n) is 14.2. The molecule has 120 valence electrons. The first kappa shape index (κ1) is 15.9. The van der Waals surface area contributed by atoms with Crippen molar-refractivity contribution in [2.45, 2.75) is 33.1 Å². The summed E-state index contributed by atoms with van der Waals surface area (Å²) in [6.07, 6.45) is 3.29. The van der Waals surface area contributed by atoms with Gasteiger partial charge in [-0.1, -0.05) is 49.4 Å². The summed E-state index contributed by atoms with van der Waals surface area (Å²) in [6.45, 7) is 7.31. The minimum atomic E-state index is 0.879. The third kappa shape index (κ3) is 3.53.